The van der Waals surface area contributed by atoms with Gasteiger partial charge in [0.05, 0.1) is 64.7 Å². The molecule has 0 bridgehead atoms. The lowest BCUT2D eigenvalue weighted by atomic mass is 9.97. The third-order valence-electron chi connectivity index (χ3n) is 6.48. The van der Waals surface area contributed by atoms with E-state index in [4.69, 9.17) is 35.2 Å². The smallest absolute Gasteiger partial charge is 0.246 e. The van der Waals surface area contributed by atoms with Crippen molar-refractivity contribution < 1.29 is 38.1 Å². The lowest BCUT2D eigenvalue weighted by Crippen LogP contribution is -2.47. The first kappa shape index (κ1) is 38.6. The van der Waals surface area contributed by atoms with Crippen LogP contribution >= 0.6 is 0 Å². The quantitative estimate of drug-likeness (QED) is 0.110. The molecule has 1 rings (SSSR count). The van der Waals surface area contributed by atoms with E-state index in [1.165, 1.54) is 0 Å². The number of ether oxygens (including phenoxy) is 5. The van der Waals surface area contributed by atoms with Crippen LogP contribution in [0, 0.1) is 5.92 Å². The summed E-state index contributed by atoms with van der Waals surface area (Å²) in [6, 6.07) is -0.683. The Labute approximate surface area is 257 Å². The number of allylic oxidation sites excluding steroid dienone is 1. The zero-order chi connectivity index (χ0) is 32.1. The largest absolute Gasteiger partial charge is 0.399 e. The topological polar surface area (TPSA) is 185 Å². The Morgan fingerprint density at radius 2 is 1.44 bits per heavy atom. The first-order valence-electron chi connectivity index (χ1n) is 15.5. The summed E-state index contributed by atoms with van der Waals surface area (Å²) in [6.45, 7) is 13.2. The van der Waals surface area contributed by atoms with Crippen LogP contribution in [-0.2, 0) is 38.1 Å². The molecule has 0 heterocycles. The van der Waals surface area contributed by atoms with Crippen molar-refractivity contribution in [2.24, 2.45) is 17.4 Å². The van der Waals surface area contributed by atoms with E-state index in [0.29, 0.717) is 58.5 Å². The van der Waals surface area contributed by atoms with E-state index in [-0.39, 0.29) is 49.0 Å². The van der Waals surface area contributed by atoms with Gasteiger partial charge in [-0.2, -0.15) is 0 Å². The highest BCUT2D eigenvalue weighted by Gasteiger charge is 2.23. The van der Waals surface area contributed by atoms with Gasteiger partial charge in [0.1, 0.15) is 12.6 Å². The Balaban J connectivity index is 2.01. The highest BCUT2D eigenvalue weighted by atomic mass is 16.6. The van der Waals surface area contributed by atoms with Gasteiger partial charge in [-0.05, 0) is 46.0 Å². The Morgan fingerprint density at radius 3 is 2.00 bits per heavy atom. The highest BCUT2D eigenvalue weighted by molar-refractivity contribution is 5.86. The fraction of sp³-hybridized carbons (Fsp3) is 0.833. The second kappa shape index (κ2) is 22.1. The van der Waals surface area contributed by atoms with Crippen LogP contribution < -0.4 is 27.4 Å². The number of primary amides is 1. The summed E-state index contributed by atoms with van der Waals surface area (Å²) in [4.78, 5) is 35.5. The molecule has 0 spiro atoms. The van der Waals surface area contributed by atoms with E-state index in [1.807, 2.05) is 13.8 Å². The summed E-state index contributed by atoms with van der Waals surface area (Å²) in [6.07, 6.45) is 4.79. The van der Waals surface area contributed by atoms with E-state index in [9.17, 15) is 14.4 Å². The van der Waals surface area contributed by atoms with Crippen molar-refractivity contribution in [3.63, 3.8) is 0 Å². The molecule has 250 valence electrons. The molecule has 13 heteroatoms. The summed E-state index contributed by atoms with van der Waals surface area (Å²) < 4.78 is 27.7. The van der Waals surface area contributed by atoms with Gasteiger partial charge in [-0.1, -0.05) is 26.7 Å². The fourth-order valence-electron chi connectivity index (χ4n) is 4.29. The fourth-order valence-corrected chi connectivity index (χ4v) is 4.29. The van der Waals surface area contributed by atoms with E-state index >= 15 is 0 Å². The molecule has 0 aromatic rings. The summed E-state index contributed by atoms with van der Waals surface area (Å²) in [5.41, 5.74) is 13.4. The van der Waals surface area contributed by atoms with Gasteiger partial charge in [-0.3, -0.25) is 14.4 Å². The minimum atomic E-state index is -0.683. The maximum absolute atomic E-state index is 12.2. The molecule has 0 saturated carbocycles. The summed E-state index contributed by atoms with van der Waals surface area (Å²) in [5, 5.41) is 8.92. The molecular formula is C30H57N5O8. The zero-order valence-electron chi connectivity index (χ0n) is 27.0. The van der Waals surface area contributed by atoms with Crippen molar-refractivity contribution in [2.75, 3.05) is 66.0 Å². The number of nitrogens with two attached hydrogens (primary N) is 2. The van der Waals surface area contributed by atoms with Crippen LogP contribution in [0.1, 0.15) is 73.1 Å². The lowest BCUT2D eigenvalue weighted by Gasteiger charge is -2.30. The molecule has 1 aliphatic rings. The van der Waals surface area contributed by atoms with Gasteiger partial charge in [0.15, 0.2) is 0 Å². The third kappa shape index (κ3) is 19.4. The molecule has 2 atom stereocenters. The molecule has 0 aromatic carbocycles. The van der Waals surface area contributed by atoms with Crippen molar-refractivity contribution in [2.45, 2.75) is 90.8 Å². The van der Waals surface area contributed by atoms with Crippen LogP contribution in [0.4, 0.5) is 0 Å². The number of hydrogen-bond donors (Lipinski definition) is 5. The summed E-state index contributed by atoms with van der Waals surface area (Å²) >= 11 is 0. The molecule has 7 N–H and O–H groups in total. The van der Waals surface area contributed by atoms with Crippen LogP contribution in [0.5, 0.6) is 0 Å². The van der Waals surface area contributed by atoms with Crippen LogP contribution in [-0.4, -0.2) is 101 Å². The van der Waals surface area contributed by atoms with E-state index < -0.39 is 11.9 Å². The molecule has 0 aliphatic heterocycles. The van der Waals surface area contributed by atoms with Crippen molar-refractivity contribution in [1.82, 2.24) is 16.0 Å². The van der Waals surface area contributed by atoms with Gasteiger partial charge < -0.3 is 51.1 Å². The Bertz CT molecular complexity index is 847. The minimum Gasteiger partial charge on any atom is -0.399 e. The average Bonchev–Trinajstić information content (AvgIpc) is 2.92. The average molecular weight is 616 g/mol. The number of nitrogens with one attached hydrogen (secondary N) is 3. The van der Waals surface area contributed by atoms with E-state index in [2.05, 4.69) is 36.7 Å². The number of carbonyl (C=O) groups is 3. The van der Waals surface area contributed by atoms with Gasteiger partial charge in [0.25, 0.3) is 0 Å². The van der Waals surface area contributed by atoms with Crippen molar-refractivity contribution in [1.29, 1.82) is 0 Å². The Hall–Kier alpha value is -2.45. The minimum absolute atomic E-state index is 0.0483. The molecule has 1 aliphatic carbocycles. The van der Waals surface area contributed by atoms with Gasteiger partial charge >= 0.3 is 0 Å². The molecule has 0 aromatic heterocycles. The normalized spacial score (nSPS) is 16.8. The molecule has 3 amide bonds. The second-order valence-corrected chi connectivity index (χ2v) is 11.9. The first-order chi connectivity index (χ1) is 20.4. The maximum atomic E-state index is 12.2. The van der Waals surface area contributed by atoms with Crippen LogP contribution in [0.25, 0.3) is 0 Å². The van der Waals surface area contributed by atoms with Crippen molar-refractivity contribution in [3.8, 4) is 0 Å². The number of carbonyl (C=O) groups excluding carboxylic acids is 3. The van der Waals surface area contributed by atoms with Crippen molar-refractivity contribution in [3.05, 3.63) is 11.4 Å². The summed E-state index contributed by atoms with van der Waals surface area (Å²) in [5.74, 6) is -1.11. The molecule has 1 unspecified atom stereocenters. The second-order valence-electron chi connectivity index (χ2n) is 11.9. The Kier molecular flexibility index (Phi) is 19.8. The Morgan fingerprint density at radius 1 is 0.860 bits per heavy atom. The SMILES string of the molecule is CC(C)[C@H](NC(=O)CCOCCOCCOCCOCCNC(=O)COC1CCCCCC(NC(C)(C)C)=C1N)C(N)=O. The third-order valence-corrected chi connectivity index (χ3v) is 6.48. The number of hydrogen-bond acceptors (Lipinski definition) is 10. The van der Waals surface area contributed by atoms with Crippen LogP contribution in [0.2, 0.25) is 0 Å². The molecule has 43 heavy (non-hydrogen) atoms. The molecule has 13 nitrogen and oxygen atoms in total. The first-order valence-corrected chi connectivity index (χ1v) is 15.5. The van der Waals surface area contributed by atoms with E-state index in [0.717, 1.165) is 37.8 Å². The molecule has 0 fully saturated rings. The van der Waals surface area contributed by atoms with E-state index in [1.54, 1.807) is 0 Å². The van der Waals surface area contributed by atoms with Gasteiger partial charge in [0.2, 0.25) is 17.7 Å². The summed E-state index contributed by atoms with van der Waals surface area (Å²) in [7, 11) is 0. The zero-order valence-corrected chi connectivity index (χ0v) is 27.0. The monoisotopic (exact) mass is 615 g/mol. The highest BCUT2D eigenvalue weighted by Crippen LogP contribution is 2.23. The standard InChI is InChI=1S/C30H57N5O8/c1-22(2)28(29(32)38)34-25(36)11-13-39-15-17-41-19-20-42-18-16-40-14-12-33-26(37)21-43-24-10-8-6-7-9-23(27(24)31)35-30(3,4)5/h22,24,28,35H,6-21,31H2,1-5H3,(H2,32,38)(H,33,37)(H,34,36)/t24?,28-/m0/s1. The molecule has 0 saturated heterocycles. The molecular weight excluding hydrogens is 558 g/mol. The predicted molar refractivity (Wildman–Crippen MR) is 164 cm³/mol. The maximum Gasteiger partial charge on any atom is 0.246 e. The molecule has 0 radical (unpaired) electrons. The lowest BCUT2D eigenvalue weighted by molar-refractivity contribution is -0.129. The number of amides is 3. The predicted octanol–water partition coefficient (Wildman–Crippen LogP) is 1.09. The van der Waals surface area contributed by atoms with Crippen LogP contribution in [0.3, 0.4) is 0 Å². The van der Waals surface area contributed by atoms with Gasteiger partial charge in [-0.25, -0.2) is 0 Å². The van der Waals surface area contributed by atoms with Crippen molar-refractivity contribution >= 4 is 17.7 Å². The number of rotatable bonds is 22. The van der Waals surface area contributed by atoms with Gasteiger partial charge in [0, 0.05) is 24.2 Å². The van der Waals surface area contributed by atoms with Gasteiger partial charge in [-0.15, -0.1) is 0 Å². The van der Waals surface area contributed by atoms with Crippen LogP contribution in [0.15, 0.2) is 11.4 Å².